The topological polar surface area (TPSA) is 89.5 Å². The molecule has 0 saturated heterocycles. The lowest BCUT2D eigenvalue weighted by atomic mass is 9.91. The van der Waals surface area contributed by atoms with Crippen molar-refractivity contribution in [3.63, 3.8) is 0 Å². The molecular formula is C36H36FN7O2. The number of nitrogens with zero attached hydrogens (tertiary/aromatic N) is 6. The van der Waals surface area contributed by atoms with Gasteiger partial charge in [-0.15, -0.1) is 0 Å². The maximum atomic E-state index is 14.5. The molecule has 0 unspecified atom stereocenters. The summed E-state index contributed by atoms with van der Waals surface area (Å²) in [6, 6.07) is 23.0. The lowest BCUT2D eigenvalue weighted by molar-refractivity contribution is 0.279. The molecule has 46 heavy (non-hydrogen) atoms. The highest BCUT2D eigenvalue weighted by Gasteiger charge is 2.27. The van der Waals surface area contributed by atoms with Gasteiger partial charge in [0.1, 0.15) is 11.5 Å². The Morgan fingerprint density at radius 1 is 0.935 bits per heavy atom. The number of aromatic nitrogens is 5. The molecule has 0 amide bonds. The zero-order valence-corrected chi connectivity index (χ0v) is 25.9. The quantitative estimate of drug-likeness (QED) is 0.248. The van der Waals surface area contributed by atoms with E-state index in [4.69, 9.17) is 0 Å². The van der Waals surface area contributed by atoms with Crippen LogP contribution < -0.4 is 16.6 Å². The van der Waals surface area contributed by atoms with Gasteiger partial charge in [-0.05, 0) is 86.8 Å². The molecule has 9 nitrogen and oxygen atoms in total. The molecule has 0 bridgehead atoms. The summed E-state index contributed by atoms with van der Waals surface area (Å²) < 4.78 is 19.2. The average molecular weight is 618 g/mol. The van der Waals surface area contributed by atoms with E-state index in [2.05, 4.69) is 44.5 Å². The lowest BCUT2D eigenvalue weighted by Gasteiger charge is -2.30. The molecule has 6 aromatic rings. The summed E-state index contributed by atoms with van der Waals surface area (Å²) in [7, 11) is 4.07. The fraction of sp³-hybridized carbons (Fsp3) is 0.278. The van der Waals surface area contributed by atoms with Crippen LogP contribution in [-0.4, -0.2) is 48.5 Å². The fourth-order valence-electron chi connectivity index (χ4n) is 6.59. The molecular weight excluding hydrogens is 581 g/mol. The van der Waals surface area contributed by atoms with Gasteiger partial charge in [0.15, 0.2) is 5.65 Å². The lowest BCUT2D eigenvalue weighted by Crippen LogP contribution is -2.44. The van der Waals surface area contributed by atoms with Crippen LogP contribution in [0.1, 0.15) is 43.0 Å². The molecule has 4 aromatic heterocycles. The molecule has 7 rings (SSSR count). The molecule has 2 aromatic carbocycles. The molecule has 1 fully saturated rings. The van der Waals surface area contributed by atoms with E-state index in [1.165, 1.54) is 20.8 Å². The second-order valence-electron chi connectivity index (χ2n) is 12.4. The van der Waals surface area contributed by atoms with Crippen LogP contribution in [-0.2, 0) is 13.1 Å². The first-order valence-corrected chi connectivity index (χ1v) is 15.7. The summed E-state index contributed by atoms with van der Waals surface area (Å²) in [5.74, 6) is -0.618. The first-order valence-electron chi connectivity index (χ1n) is 15.7. The van der Waals surface area contributed by atoms with Gasteiger partial charge in [-0.3, -0.25) is 9.36 Å². The van der Waals surface area contributed by atoms with Gasteiger partial charge in [0.25, 0.3) is 5.56 Å². The van der Waals surface area contributed by atoms with Crippen LogP contribution in [0.15, 0.2) is 101 Å². The number of benzene rings is 2. The third kappa shape index (κ3) is 5.89. The monoisotopic (exact) mass is 617 g/mol. The highest BCUT2D eigenvalue weighted by molar-refractivity contribution is 5.76. The standard InChI is InChI=1S/C36H36FN7O2/c1-41(2)22-24-9-11-25(12-10-24)26-6-5-7-31(18-26)43-34-32(19-27(37)20-39-34)35(45)44(36(43)46)30-15-13-28(14-16-30)38-21-29-23-42-17-4-3-8-33(42)40-29/h3-12,17-20,23,28,30,38H,13-16,21-22H2,1-2H3. The molecule has 1 saturated carbocycles. The van der Waals surface area contributed by atoms with Crippen LogP contribution >= 0.6 is 0 Å². The second-order valence-corrected chi connectivity index (χ2v) is 12.4. The van der Waals surface area contributed by atoms with Gasteiger partial charge in [-0.25, -0.2) is 23.7 Å². The first-order chi connectivity index (χ1) is 22.3. The van der Waals surface area contributed by atoms with Crippen LogP contribution in [0.25, 0.3) is 33.5 Å². The number of imidazole rings is 1. The van der Waals surface area contributed by atoms with E-state index in [0.717, 1.165) is 48.1 Å². The van der Waals surface area contributed by atoms with Crippen molar-refractivity contribution in [3.8, 4) is 16.8 Å². The largest absolute Gasteiger partial charge is 0.337 e. The normalized spacial score (nSPS) is 16.9. The molecule has 10 heteroatoms. The number of rotatable bonds is 8. The van der Waals surface area contributed by atoms with Crippen molar-refractivity contribution in [2.75, 3.05) is 14.1 Å². The van der Waals surface area contributed by atoms with Crippen LogP contribution in [0.2, 0.25) is 0 Å². The van der Waals surface area contributed by atoms with Crippen molar-refractivity contribution >= 4 is 16.7 Å². The fourth-order valence-corrected chi connectivity index (χ4v) is 6.59. The first kappa shape index (κ1) is 29.8. The maximum absolute atomic E-state index is 14.5. The Kier molecular flexibility index (Phi) is 8.06. The van der Waals surface area contributed by atoms with Crippen LogP contribution in [0, 0.1) is 5.82 Å². The number of hydrogen-bond donors (Lipinski definition) is 1. The van der Waals surface area contributed by atoms with E-state index in [-0.39, 0.29) is 23.1 Å². The second kappa shape index (κ2) is 12.5. The molecule has 4 heterocycles. The predicted molar refractivity (Wildman–Crippen MR) is 178 cm³/mol. The van der Waals surface area contributed by atoms with Crippen molar-refractivity contribution in [3.05, 3.63) is 129 Å². The van der Waals surface area contributed by atoms with Gasteiger partial charge < -0.3 is 14.6 Å². The third-order valence-electron chi connectivity index (χ3n) is 8.83. The van der Waals surface area contributed by atoms with E-state index < -0.39 is 17.1 Å². The summed E-state index contributed by atoms with van der Waals surface area (Å²) >= 11 is 0. The van der Waals surface area contributed by atoms with E-state index in [1.807, 2.05) is 73.4 Å². The van der Waals surface area contributed by atoms with Gasteiger partial charge >= 0.3 is 5.69 Å². The zero-order chi connectivity index (χ0) is 31.8. The van der Waals surface area contributed by atoms with Gasteiger partial charge in [-0.1, -0.05) is 42.5 Å². The van der Waals surface area contributed by atoms with Crippen molar-refractivity contribution in [1.29, 1.82) is 0 Å². The van der Waals surface area contributed by atoms with Crippen molar-refractivity contribution in [2.45, 2.75) is 50.9 Å². The number of pyridine rings is 2. The minimum Gasteiger partial charge on any atom is -0.308 e. The molecule has 234 valence electrons. The summed E-state index contributed by atoms with van der Waals surface area (Å²) in [5.41, 5.74) is 4.75. The van der Waals surface area contributed by atoms with Gasteiger partial charge in [-0.2, -0.15) is 0 Å². The SMILES string of the molecule is CN(C)Cc1ccc(-c2cccc(-n3c(=O)n(C4CCC(NCc5cn6ccccc6n5)CC4)c(=O)c4cc(F)cnc43)c2)cc1. The van der Waals surface area contributed by atoms with Crippen LogP contribution in [0.5, 0.6) is 0 Å². The molecule has 0 spiro atoms. The Hall–Kier alpha value is -4.93. The molecule has 1 aliphatic rings. The molecule has 1 aliphatic carbocycles. The highest BCUT2D eigenvalue weighted by Crippen LogP contribution is 2.28. The minimum absolute atomic E-state index is 0.0881. The van der Waals surface area contributed by atoms with Gasteiger partial charge in [0.2, 0.25) is 0 Å². The van der Waals surface area contributed by atoms with Gasteiger partial charge in [0.05, 0.1) is 23.0 Å². The van der Waals surface area contributed by atoms with Crippen LogP contribution in [0.3, 0.4) is 0 Å². The van der Waals surface area contributed by atoms with Crippen molar-refractivity contribution in [2.24, 2.45) is 0 Å². The van der Waals surface area contributed by atoms with E-state index in [9.17, 15) is 14.0 Å². The number of halogens is 1. The Morgan fingerprint density at radius 2 is 1.74 bits per heavy atom. The summed E-state index contributed by atoms with van der Waals surface area (Å²) in [6.07, 6.45) is 7.93. The van der Waals surface area contributed by atoms with Crippen molar-refractivity contribution < 1.29 is 4.39 Å². The Balaban J connectivity index is 1.17. The number of hydrogen-bond acceptors (Lipinski definition) is 6. The maximum Gasteiger partial charge on any atom is 0.337 e. The Bertz CT molecular complexity index is 2110. The zero-order valence-electron chi connectivity index (χ0n) is 25.9. The van der Waals surface area contributed by atoms with E-state index >= 15 is 0 Å². The highest BCUT2D eigenvalue weighted by atomic mass is 19.1. The average Bonchev–Trinajstić information content (AvgIpc) is 3.48. The van der Waals surface area contributed by atoms with E-state index in [1.54, 1.807) is 0 Å². The molecule has 0 aliphatic heterocycles. The minimum atomic E-state index is -0.618. The van der Waals surface area contributed by atoms with Crippen LogP contribution in [0.4, 0.5) is 4.39 Å². The Labute approximate surface area is 265 Å². The van der Waals surface area contributed by atoms with E-state index in [0.29, 0.717) is 25.1 Å². The predicted octanol–water partition coefficient (Wildman–Crippen LogP) is 5.34. The van der Waals surface area contributed by atoms with Gasteiger partial charge in [0, 0.05) is 37.6 Å². The van der Waals surface area contributed by atoms with Crippen molar-refractivity contribution in [1.82, 2.24) is 33.7 Å². The summed E-state index contributed by atoms with van der Waals surface area (Å²) in [6.45, 7) is 1.48. The smallest absolute Gasteiger partial charge is 0.308 e. The summed E-state index contributed by atoms with van der Waals surface area (Å²) in [5, 5.41) is 3.69. The number of fused-ring (bicyclic) bond motifs is 2. The number of nitrogens with one attached hydrogen (secondary N) is 1. The molecule has 0 radical (unpaired) electrons. The Morgan fingerprint density at radius 3 is 2.50 bits per heavy atom. The summed E-state index contributed by atoms with van der Waals surface area (Å²) in [4.78, 5) is 39.0. The molecule has 0 atom stereocenters. The molecule has 1 N–H and O–H groups in total. The third-order valence-corrected chi connectivity index (χ3v) is 8.83.